The molecule has 2 N–H and O–H groups in total. The summed E-state index contributed by atoms with van der Waals surface area (Å²) in [6.45, 7) is 0. The maximum absolute atomic E-state index is 13.3. The fourth-order valence-corrected chi connectivity index (χ4v) is 9.54. The van der Waals surface area contributed by atoms with E-state index in [9.17, 15) is 19.2 Å². The van der Waals surface area contributed by atoms with Crippen LogP contribution in [-0.4, -0.2) is 40.4 Å². The lowest BCUT2D eigenvalue weighted by atomic mass is 9.48. The minimum Gasteiger partial charge on any atom is -0.481 e. The average Bonchev–Trinajstić information content (AvgIpc) is 3.10. The summed E-state index contributed by atoms with van der Waals surface area (Å²) in [6, 6.07) is 28.8. The van der Waals surface area contributed by atoms with E-state index in [-0.39, 0.29) is 28.0 Å². The summed E-state index contributed by atoms with van der Waals surface area (Å²) in [6.07, 6.45) is 7.99. The number of benzene rings is 4. The van der Waals surface area contributed by atoms with Crippen LogP contribution in [0.3, 0.4) is 0 Å². The Morgan fingerprint density at radius 1 is 0.680 bits per heavy atom. The van der Waals surface area contributed by atoms with Crippen LogP contribution >= 0.6 is 23.5 Å². The number of aliphatic carboxylic acids is 1. The van der Waals surface area contributed by atoms with Crippen LogP contribution in [0.4, 0.5) is 5.69 Å². The van der Waals surface area contributed by atoms with Crippen molar-refractivity contribution in [3.8, 4) is 11.5 Å². The second kappa shape index (κ2) is 14.7. The Morgan fingerprint density at radius 3 is 1.74 bits per heavy atom. The number of anilines is 1. The molecule has 4 aromatic carbocycles. The highest BCUT2D eigenvalue weighted by Gasteiger charge is 2.51. The van der Waals surface area contributed by atoms with Crippen molar-refractivity contribution in [2.45, 2.75) is 53.7 Å². The van der Waals surface area contributed by atoms with Crippen LogP contribution < -0.4 is 10.1 Å². The topological polar surface area (TPSA) is 119 Å². The lowest BCUT2D eigenvalue weighted by Crippen LogP contribution is -2.48. The molecule has 4 fully saturated rings. The van der Waals surface area contributed by atoms with Gasteiger partial charge in [-0.05, 0) is 140 Å². The van der Waals surface area contributed by atoms with E-state index in [2.05, 4.69) is 17.4 Å². The summed E-state index contributed by atoms with van der Waals surface area (Å²) in [5.41, 5.74) is 2.45. The first-order valence-electron chi connectivity index (χ1n) is 16.8. The number of amides is 1. The van der Waals surface area contributed by atoms with Crippen LogP contribution in [0, 0.1) is 17.8 Å². The van der Waals surface area contributed by atoms with Crippen LogP contribution in [0.2, 0.25) is 0 Å². The minimum absolute atomic E-state index is 0.0120. The molecule has 0 saturated heterocycles. The van der Waals surface area contributed by atoms with Gasteiger partial charge in [0.15, 0.2) is 0 Å². The molecule has 8 rings (SSSR count). The summed E-state index contributed by atoms with van der Waals surface area (Å²) in [5.74, 6) is 0.704. The van der Waals surface area contributed by atoms with E-state index in [1.54, 1.807) is 66.7 Å². The van der Waals surface area contributed by atoms with Crippen molar-refractivity contribution in [1.82, 2.24) is 0 Å². The Labute approximate surface area is 299 Å². The Balaban J connectivity index is 0.902. The van der Waals surface area contributed by atoms with Gasteiger partial charge < -0.3 is 19.9 Å². The molecular weight excluding hydrogens is 671 g/mol. The first-order chi connectivity index (χ1) is 24.2. The van der Waals surface area contributed by atoms with Crippen LogP contribution in [0.25, 0.3) is 0 Å². The van der Waals surface area contributed by atoms with E-state index in [1.807, 2.05) is 12.1 Å². The Kier molecular flexibility index (Phi) is 10.0. The smallest absolute Gasteiger partial charge is 0.346 e. The fraction of sp³-hybridized carbons (Fsp3) is 0.300. The number of hydrogen-bond acceptors (Lipinski definition) is 8. The minimum atomic E-state index is -0.880. The normalized spacial score (nSPS) is 21.7. The lowest BCUT2D eigenvalue weighted by Gasteiger charge is -2.57. The molecule has 4 aromatic rings. The van der Waals surface area contributed by atoms with E-state index in [4.69, 9.17) is 14.6 Å². The predicted molar refractivity (Wildman–Crippen MR) is 193 cm³/mol. The molecule has 10 heteroatoms. The van der Waals surface area contributed by atoms with Gasteiger partial charge in [0.1, 0.15) is 11.5 Å². The van der Waals surface area contributed by atoms with E-state index >= 15 is 0 Å². The molecule has 4 saturated carbocycles. The summed E-state index contributed by atoms with van der Waals surface area (Å²) in [4.78, 5) is 51.3. The van der Waals surface area contributed by atoms with Crippen LogP contribution in [-0.2, 0) is 19.7 Å². The second-order valence-corrected chi connectivity index (χ2v) is 15.6. The van der Waals surface area contributed by atoms with Crippen molar-refractivity contribution < 1.29 is 33.8 Å². The van der Waals surface area contributed by atoms with Crippen LogP contribution in [0.15, 0.2) is 107 Å². The van der Waals surface area contributed by atoms with Crippen molar-refractivity contribution in [3.63, 3.8) is 0 Å². The molecule has 0 aromatic heterocycles. The fourth-order valence-electron chi connectivity index (χ4n) is 8.25. The van der Waals surface area contributed by atoms with Crippen molar-refractivity contribution in [2.75, 3.05) is 16.8 Å². The van der Waals surface area contributed by atoms with Crippen LogP contribution in [0.1, 0.15) is 64.8 Å². The highest BCUT2D eigenvalue weighted by Crippen LogP contribution is 2.60. The zero-order chi connectivity index (χ0) is 34.7. The highest BCUT2D eigenvalue weighted by atomic mass is 32.2. The molecule has 0 radical (unpaired) electrons. The lowest BCUT2D eigenvalue weighted by molar-refractivity contribution is -0.135. The summed E-state index contributed by atoms with van der Waals surface area (Å²) in [5, 5.41) is 11.7. The molecule has 0 spiro atoms. The van der Waals surface area contributed by atoms with Gasteiger partial charge >= 0.3 is 17.9 Å². The number of esters is 2. The molecule has 256 valence electrons. The number of hydrogen-bond donors (Lipinski definition) is 2. The third-order valence-corrected chi connectivity index (χ3v) is 12.0. The van der Waals surface area contributed by atoms with E-state index < -0.39 is 23.8 Å². The first kappa shape index (κ1) is 33.9. The molecular formula is C40H37NO7S2. The van der Waals surface area contributed by atoms with Crippen molar-refractivity contribution in [2.24, 2.45) is 17.8 Å². The molecule has 0 heterocycles. The largest absolute Gasteiger partial charge is 0.481 e. The number of carbonyl (C=O) groups excluding carboxylic acids is 3. The molecule has 4 aliphatic rings. The van der Waals surface area contributed by atoms with Gasteiger partial charge in [-0.3, -0.25) is 14.4 Å². The number of ether oxygens (including phenoxy) is 2. The molecule has 1 amide bonds. The highest BCUT2D eigenvalue weighted by molar-refractivity contribution is 8.00. The number of carboxylic acids is 1. The molecule has 0 atom stereocenters. The van der Waals surface area contributed by atoms with Crippen molar-refractivity contribution >= 4 is 53.0 Å². The maximum Gasteiger partial charge on any atom is 0.346 e. The van der Waals surface area contributed by atoms with Gasteiger partial charge in [0, 0.05) is 15.5 Å². The SMILES string of the molecule is O=C(O)CSc1ccc(Oc2ccc(SCC(=O)OC(=O)c3ccccc3C(=O)Nc3ccc(C45CC6CC(CC(C6)C4)C5)cc3)cc2)cc1. The maximum atomic E-state index is 13.3. The summed E-state index contributed by atoms with van der Waals surface area (Å²) >= 11 is 2.44. The number of carbonyl (C=O) groups is 4. The number of rotatable bonds is 12. The first-order valence-corrected chi connectivity index (χ1v) is 18.8. The third kappa shape index (κ3) is 7.92. The van der Waals surface area contributed by atoms with Gasteiger partial charge in [0.2, 0.25) is 0 Å². The molecule has 8 nitrogen and oxygen atoms in total. The number of carboxylic acid groups (broad SMARTS) is 1. The molecule has 4 bridgehead atoms. The number of thioether (sulfide) groups is 2. The van der Waals surface area contributed by atoms with E-state index in [1.165, 1.54) is 73.7 Å². The molecule has 0 unspecified atom stereocenters. The van der Waals surface area contributed by atoms with E-state index in [0.717, 1.165) is 27.5 Å². The van der Waals surface area contributed by atoms with Gasteiger partial charge in [0.25, 0.3) is 5.91 Å². The van der Waals surface area contributed by atoms with Crippen molar-refractivity contribution in [1.29, 1.82) is 0 Å². The zero-order valence-electron chi connectivity index (χ0n) is 27.3. The van der Waals surface area contributed by atoms with Gasteiger partial charge in [-0.2, -0.15) is 0 Å². The summed E-state index contributed by atoms with van der Waals surface area (Å²) < 4.78 is 11.0. The van der Waals surface area contributed by atoms with Gasteiger partial charge in [-0.25, -0.2) is 4.79 Å². The summed E-state index contributed by atoms with van der Waals surface area (Å²) in [7, 11) is 0. The second-order valence-electron chi connectivity index (χ2n) is 13.6. The monoisotopic (exact) mass is 707 g/mol. The predicted octanol–water partition coefficient (Wildman–Crippen LogP) is 8.85. The molecule has 0 aliphatic heterocycles. The average molecular weight is 708 g/mol. The van der Waals surface area contributed by atoms with Gasteiger partial charge in [-0.1, -0.05) is 24.3 Å². The van der Waals surface area contributed by atoms with E-state index in [0.29, 0.717) is 17.2 Å². The molecule has 50 heavy (non-hydrogen) atoms. The quantitative estimate of drug-likeness (QED) is 0.0846. The third-order valence-electron chi connectivity index (χ3n) is 9.99. The molecule has 4 aliphatic carbocycles. The zero-order valence-corrected chi connectivity index (χ0v) is 29.0. The Morgan fingerprint density at radius 2 is 1.20 bits per heavy atom. The Bertz CT molecular complexity index is 1860. The van der Waals surface area contributed by atoms with Gasteiger partial charge in [0.05, 0.1) is 22.6 Å². The Hall–Kier alpha value is -4.54. The van der Waals surface area contributed by atoms with Gasteiger partial charge in [-0.15, -0.1) is 23.5 Å². The number of nitrogens with one attached hydrogen (secondary N) is 1. The standard InChI is InChI=1S/C40H37NO7S2/c42-36(43)23-49-32-13-9-30(10-14-32)47-31-11-15-33(16-12-31)50-24-37(44)48-39(46)35-4-2-1-3-34(35)38(45)41-29-7-5-28(6-8-29)40-20-25-17-26(21-40)19-27(18-25)22-40/h1-16,25-27H,17-24H2,(H,41,45)(H,42,43). The van der Waals surface area contributed by atoms with Crippen LogP contribution in [0.5, 0.6) is 11.5 Å². The van der Waals surface area contributed by atoms with Crippen molar-refractivity contribution in [3.05, 3.63) is 114 Å².